The lowest BCUT2D eigenvalue weighted by molar-refractivity contribution is 0.189. The number of hydrogen-bond donors (Lipinski definition) is 1. The molecule has 24 heavy (non-hydrogen) atoms. The van der Waals surface area contributed by atoms with E-state index in [1.54, 1.807) is 13.4 Å². The average Bonchev–Trinajstić information content (AvgIpc) is 3.23. The van der Waals surface area contributed by atoms with Gasteiger partial charge in [0.15, 0.2) is 5.82 Å². The second-order valence-corrected chi connectivity index (χ2v) is 6.10. The summed E-state index contributed by atoms with van der Waals surface area (Å²) in [6.07, 6.45) is 3.61. The number of carbonyl (C=O) groups is 1. The van der Waals surface area contributed by atoms with Crippen LogP contribution in [0.2, 0.25) is 0 Å². The van der Waals surface area contributed by atoms with E-state index in [9.17, 15) is 4.79 Å². The fourth-order valence-corrected chi connectivity index (χ4v) is 3.20. The number of aryl methyl sites for hydroxylation is 1. The van der Waals surface area contributed by atoms with Crippen molar-refractivity contribution in [3.8, 4) is 5.75 Å². The number of benzene rings is 1. The first-order chi connectivity index (χ1) is 11.6. The summed E-state index contributed by atoms with van der Waals surface area (Å²) in [5.74, 6) is 1.56. The third kappa shape index (κ3) is 3.20. The number of rotatable bonds is 4. The maximum absolute atomic E-state index is 12.7. The zero-order chi connectivity index (χ0) is 17.1. The van der Waals surface area contributed by atoms with Crippen LogP contribution in [-0.4, -0.2) is 39.4 Å². The smallest absolute Gasteiger partial charge is 0.318 e. The number of likely N-dealkylation sites (tertiary alicyclic amines) is 1. The topological polar surface area (TPSA) is 72.3 Å². The van der Waals surface area contributed by atoms with E-state index in [-0.39, 0.29) is 18.1 Å². The lowest BCUT2D eigenvalue weighted by Gasteiger charge is -2.27. The van der Waals surface area contributed by atoms with Crippen LogP contribution in [0.3, 0.4) is 0 Å². The van der Waals surface area contributed by atoms with E-state index in [2.05, 4.69) is 15.5 Å². The largest absolute Gasteiger partial charge is 0.497 e. The van der Waals surface area contributed by atoms with Crippen molar-refractivity contribution in [2.75, 3.05) is 13.7 Å². The monoisotopic (exact) mass is 329 g/mol. The maximum Gasteiger partial charge on any atom is 0.318 e. The molecule has 3 rings (SSSR count). The molecule has 0 unspecified atom stereocenters. The Morgan fingerprint density at radius 3 is 2.75 bits per heavy atom. The van der Waals surface area contributed by atoms with E-state index < -0.39 is 0 Å². The highest BCUT2D eigenvalue weighted by Gasteiger charge is 2.31. The summed E-state index contributed by atoms with van der Waals surface area (Å²) in [5, 5.41) is 10.9. The van der Waals surface area contributed by atoms with Crippen LogP contribution in [0, 0.1) is 0 Å². The van der Waals surface area contributed by atoms with E-state index in [1.165, 1.54) is 0 Å². The number of aromatic nitrogens is 3. The number of nitrogens with one attached hydrogen (secondary N) is 1. The van der Waals surface area contributed by atoms with Crippen LogP contribution in [0.25, 0.3) is 0 Å². The number of ether oxygens (including phenoxy) is 1. The van der Waals surface area contributed by atoms with E-state index in [0.29, 0.717) is 0 Å². The van der Waals surface area contributed by atoms with Crippen molar-refractivity contribution >= 4 is 6.03 Å². The minimum absolute atomic E-state index is 0.0659. The van der Waals surface area contributed by atoms with Gasteiger partial charge < -0.3 is 19.5 Å². The summed E-state index contributed by atoms with van der Waals surface area (Å²) in [7, 11) is 3.52. The Hall–Kier alpha value is -2.57. The molecular weight excluding hydrogens is 306 g/mol. The standard InChI is InChI=1S/C17H23N5O2/c1-12(16-20-18-11-21(16)2)19-17(23)22-10-4-5-15(22)13-6-8-14(24-3)9-7-13/h6-9,11-12,15H,4-5,10H2,1-3H3,(H,19,23)/t12-,15+/m0/s1. The predicted molar refractivity (Wildman–Crippen MR) is 89.6 cm³/mol. The van der Waals surface area contributed by atoms with Crippen LogP contribution < -0.4 is 10.1 Å². The third-order valence-electron chi connectivity index (χ3n) is 4.49. The van der Waals surface area contributed by atoms with E-state index >= 15 is 0 Å². The fraction of sp³-hybridized carbons (Fsp3) is 0.471. The molecule has 0 aliphatic carbocycles. The normalized spacial score (nSPS) is 18.5. The molecule has 1 aromatic heterocycles. The highest BCUT2D eigenvalue weighted by atomic mass is 16.5. The second-order valence-electron chi connectivity index (χ2n) is 6.10. The predicted octanol–water partition coefficient (Wildman–Crippen LogP) is 2.43. The van der Waals surface area contributed by atoms with E-state index in [0.717, 1.165) is 36.5 Å². The summed E-state index contributed by atoms with van der Waals surface area (Å²) in [4.78, 5) is 14.6. The zero-order valence-electron chi connectivity index (χ0n) is 14.3. The molecule has 1 saturated heterocycles. The van der Waals surface area contributed by atoms with Crippen molar-refractivity contribution in [2.24, 2.45) is 7.05 Å². The summed E-state index contributed by atoms with van der Waals surface area (Å²) >= 11 is 0. The number of methoxy groups -OCH3 is 1. The van der Waals surface area contributed by atoms with Gasteiger partial charge in [0.25, 0.3) is 0 Å². The molecule has 128 valence electrons. The van der Waals surface area contributed by atoms with Gasteiger partial charge in [-0.2, -0.15) is 0 Å². The molecule has 0 spiro atoms. The molecule has 0 saturated carbocycles. The third-order valence-corrected chi connectivity index (χ3v) is 4.49. The Morgan fingerprint density at radius 2 is 2.12 bits per heavy atom. The lowest BCUT2D eigenvalue weighted by atomic mass is 10.0. The molecule has 7 nitrogen and oxygen atoms in total. The minimum Gasteiger partial charge on any atom is -0.497 e. The molecule has 7 heteroatoms. The van der Waals surface area contributed by atoms with Gasteiger partial charge in [-0.25, -0.2) is 4.79 Å². The van der Waals surface area contributed by atoms with Gasteiger partial charge in [-0.15, -0.1) is 10.2 Å². The number of nitrogens with zero attached hydrogens (tertiary/aromatic N) is 4. The van der Waals surface area contributed by atoms with Crippen LogP contribution in [0.1, 0.15) is 43.2 Å². The molecule has 1 aliphatic heterocycles. The number of carbonyl (C=O) groups excluding carboxylic acids is 1. The molecule has 2 aromatic rings. The molecule has 1 aliphatic rings. The number of amides is 2. The molecule has 2 amide bonds. The van der Waals surface area contributed by atoms with Crippen molar-refractivity contribution < 1.29 is 9.53 Å². The highest BCUT2D eigenvalue weighted by molar-refractivity contribution is 5.75. The van der Waals surface area contributed by atoms with Crippen molar-refractivity contribution in [1.29, 1.82) is 0 Å². The van der Waals surface area contributed by atoms with Crippen LogP contribution in [-0.2, 0) is 7.05 Å². The van der Waals surface area contributed by atoms with Crippen molar-refractivity contribution in [1.82, 2.24) is 25.0 Å². The van der Waals surface area contributed by atoms with Gasteiger partial charge >= 0.3 is 6.03 Å². The van der Waals surface area contributed by atoms with Crippen molar-refractivity contribution in [2.45, 2.75) is 31.8 Å². The molecule has 1 aromatic carbocycles. The van der Waals surface area contributed by atoms with E-state index in [4.69, 9.17) is 4.74 Å². The van der Waals surface area contributed by atoms with Gasteiger partial charge in [-0.3, -0.25) is 0 Å². The summed E-state index contributed by atoms with van der Waals surface area (Å²) in [6, 6.07) is 7.77. The van der Waals surface area contributed by atoms with Crippen LogP contribution in [0.4, 0.5) is 4.79 Å². The van der Waals surface area contributed by atoms with Crippen LogP contribution >= 0.6 is 0 Å². The zero-order valence-corrected chi connectivity index (χ0v) is 14.3. The summed E-state index contributed by atoms with van der Waals surface area (Å²) < 4.78 is 7.02. The van der Waals surface area contributed by atoms with Crippen molar-refractivity contribution in [3.63, 3.8) is 0 Å². The first kappa shape index (κ1) is 16.3. The Bertz CT molecular complexity index is 697. The van der Waals surface area contributed by atoms with Gasteiger partial charge in [0.05, 0.1) is 19.2 Å². The second kappa shape index (κ2) is 6.90. The number of hydrogen-bond acceptors (Lipinski definition) is 4. The van der Waals surface area contributed by atoms with Crippen LogP contribution in [0.5, 0.6) is 5.75 Å². The van der Waals surface area contributed by atoms with Crippen LogP contribution in [0.15, 0.2) is 30.6 Å². The SMILES string of the molecule is COc1ccc([C@H]2CCCN2C(=O)N[C@@H](C)c2nncn2C)cc1. The van der Waals surface area contributed by atoms with Gasteiger partial charge in [0.2, 0.25) is 0 Å². The molecule has 1 fully saturated rings. The minimum atomic E-state index is -0.192. The molecular formula is C17H23N5O2. The van der Waals surface area contributed by atoms with Gasteiger partial charge in [-0.05, 0) is 37.5 Å². The van der Waals surface area contributed by atoms with Crippen molar-refractivity contribution in [3.05, 3.63) is 42.0 Å². The molecule has 2 atom stereocenters. The van der Waals surface area contributed by atoms with E-state index in [1.807, 2.05) is 47.7 Å². The summed E-state index contributed by atoms with van der Waals surface area (Å²) in [5.41, 5.74) is 1.13. The summed E-state index contributed by atoms with van der Waals surface area (Å²) in [6.45, 7) is 2.68. The lowest BCUT2D eigenvalue weighted by Crippen LogP contribution is -2.41. The Balaban J connectivity index is 1.70. The Kier molecular flexibility index (Phi) is 4.69. The quantitative estimate of drug-likeness (QED) is 0.935. The first-order valence-corrected chi connectivity index (χ1v) is 8.15. The average molecular weight is 329 g/mol. The molecule has 0 radical (unpaired) electrons. The Labute approximate surface area is 141 Å². The number of urea groups is 1. The first-order valence-electron chi connectivity index (χ1n) is 8.15. The van der Waals surface area contributed by atoms with Gasteiger partial charge in [0, 0.05) is 13.6 Å². The molecule has 2 heterocycles. The van der Waals surface area contributed by atoms with Gasteiger partial charge in [0.1, 0.15) is 12.1 Å². The fourth-order valence-electron chi connectivity index (χ4n) is 3.20. The van der Waals surface area contributed by atoms with Gasteiger partial charge in [-0.1, -0.05) is 12.1 Å². The molecule has 1 N–H and O–H groups in total. The molecule has 0 bridgehead atoms. The Morgan fingerprint density at radius 1 is 1.38 bits per heavy atom. The maximum atomic E-state index is 12.7. The highest BCUT2D eigenvalue weighted by Crippen LogP contribution is 2.33.